The second kappa shape index (κ2) is 3.97. The Kier molecular flexibility index (Phi) is 3.60. The highest BCUT2D eigenvalue weighted by Gasteiger charge is 2.20. The van der Waals surface area contributed by atoms with Crippen LogP contribution >= 0.6 is 0 Å². The van der Waals surface area contributed by atoms with Gasteiger partial charge in [0.15, 0.2) is 0 Å². The minimum absolute atomic E-state index is 1.15. The number of nitrogens with two attached hydrogens (primary N) is 1. The number of halogens is 3. The number of hydrogen-bond donors (Lipinski definition) is 2. The lowest BCUT2D eigenvalue weighted by Gasteiger charge is -2.11. The molecule has 0 aliphatic rings. The van der Waals surface area contributed by atoms with Crippen molar-refractivity contribution < 1.29 is 18.0 Å². The first-order valence-electron chi connectivity index (χ1n) is 2.48. The van der Waals surface area contributed by atoms with E-state index in [4.69, 9.17) is 0 Å². The standard InChI is InChI=1S/C4H7F3N2O/c5-1-2(3(6)7)9-4(8)10/h2-3H,1H2,(H3,8,9,10). The average molecular weight is 156 g/mol. The molecule has 2 amide bonds. The summed E-state index contributed by atoms with van der Waals surface area (Å²) in [6.07, 6.45) is -2.92. The zero-order valence-corrected chi connectivity index (χ0v) is 4.98. The van der Waals surface area contributed by atoms with Crippen molar-refractivity contribution in [1.29, 1.82) is 0 Å². The van der Waals surface area contributed by atoms with E-state index in [1.165, 1.54) is 0 Å². The lowest BCUT2D eigenvalue weighted by Crippen LogP contribution is -2.44. The van der Waals surface area contributed by atoms with Crippen LogP contribution < -0.4 is 11.1 Å². The molecule has 10 heavy (non-hydrogen) atoms. The van der Waals surface area contributed by atoms with Crippen LogP contribution in [0.2, 0.25) is 0 Å². The van der Waals surface area contributed by atoms with Crippen LogP contribution in [0.4, 0.5) is 18.0 Å². The molecule has 3 N–H and O–H groups in total. The Morgan fingerprint density at radius 2 is 2.10 bits per heavy atom. The van der Waals surface area contributed by atoms with E-state index in [2.05, 4.69) is 5.73 Å². The van der Waals surface area contributed by atoms with Gasteiger partial charge in [0.2, 0.25) is 0 Å². The molecular weight excluding hydrogens is 149 g/mol. The maximum Gasteiger partial charge on any atom is 0.312 e. The quantitative estimate of drug-likeness (QED) is 0.604. The van der Waals surface area contributed by atoms with E-state index in [0.717, 1.165) is 0 Å². The van der Waals surface area contributed by atoms with Crippen molar-refractivity contribution in [3.63, 3.8) is 0 Å². The third kappa shape index (κ3) is 3.16. The van der Waals surface area contributed by atoms with Gasteiger partial charge in [-0.3, -0.25) is 0 Å². The fraction of sp³-hybridized carbons (Fsp3) is 0.750. The summed E-state index contributed by atoms with van der Waals surface area (Å²) in [6, 6.07) is -2.93. The molecule has 0 aliphatic heterocycles. The van der Waals surface area contributed by atoms with Gasteiger partial charge in [-0.25, -0.2) is 18.0 Å². The Morgan fingerprint density at radius 1 is 1.60 bits per heavy atom. The van der Waals surface area contributed by atoms with E-state index in [9.17, 15) is 18.0 Å². The van der Waals surface area contributed by atoms with Crippen LogP contribution in [0.3, 0.4) is 0 Å². The van der Waals surface area contributed by atoms with Gasteiger partial charge >= 0.3 is 6.03 Å². The molecule has 1 atom stereocenters. The fourth-order valence-corrected chi connectivity index (χ4v) is 0.352. The summed E-state index contributed by atoms with van der Waals surface area (Å²) in [7, 11) is 0. The molecule has 3 nitrogen and oxygen atoms in total. The highest BCUT2D eigenvalue weighted by atomic mass is 19.3. The predicted octanol–water partition coefficient (Wildman–Crippen LogP) is 0.258. The van der Waals surface area contributed by atoms with E-state index in [0.29, 0.717) is 0 Å². The summed E-state index contributed by atoms with van der Waals surface area (Å²) in [5, 5.41) is 1.54. The van der Waals surface area contributed by atoms with Gasteiger partial charge in [0.25, 0.3) is 6.43 Å². The Bertz CT molecular complexity index is 119. The van der Waals surface area contributed by atoms with Crippen LogP contribution in [-0.2, 0) is 0 Å². The molecule has 0 aromatic heterocycles. The Hall–Kier alpha value is -0.940. The number of rotatable bonds is 3. The molecule has 0 saturated heterocycles. The van der Waals surface area contributed by atoms with E-state index in [1.54, 1.807) is 5.32 Å². The van der Waals surface area contributed by atoms with Crippen LogP contribution in [0.25, 0.3) is 0 Å². The number of carbonyl (C=O) groups excluding carboxylic acids is 1. The van der Waals surface area contributed by atoms with E-state index in [1.807, 2.05) is 0 Å². The molecule has 0 fully saturated rings. The van der Waals surface area contributed by atoms with Crippen LogP contribution in [0, 0.1) is 0 Å². The maximum absolute atomic E-state index is 11.5. The van der Waals surface area contributed by atoms with Crippen LogP contribution in [0.5, 0.6) is 0 Å². The maximum atomic E-state index is 11.5. The minimum Gasteiger partial charge on any atom is -0.352 e. The van der Waals surface area contributed by atoms with Gasteiger partial charge in [-0.15, -0.1) is 0 Å². The summed E-state index contributed by atoms with van der Waals surface area (Å²) in [6.45, 7) is -1.32. The lowest BCUT2D eigenvalue weighted by molar-refractivity contribution is 0.0895. The van der Waals surface area contributed by atoms with E-state index in [-0.39, 0.29) is 0 Å². The molecule has 1 unspecified atom stereocenters. The number of nitrogens with one attached hydrogen (secondary N) is 1. The van der Waals surface area contributed by atoms with Crippen LogP contribution in [0.1, 0.15) is 0 Å². The van der Waals surface area contributed by atoms with Gasteiger partial charge in [0.05, 0.1) is 0 Å². The molecule has 60 valence electrons. The molecule has 6 heteroatoms. The highest BCUT2D eigenvalue weighted by Crippen LogP contribution is 2.00. The van der Waals surface area contributed by atoms with Crippen molar-refractivity contribution in [1.82, 2.24) is 5.32 Å². The van der Waals surface area contributed by atoms with Crippen molar-refractivity contribution in [2.24, 2.45) is 5.73 Å². The molecule has 0 radical (unpaired) electrons. The molecule has 0 rings (SSSR count). The largest absolute Gasteiger partial charge is 0.352 e. The van der Waals surface area contributed by atoms with Crippen molar-refractivity contribution in [3.8, 4) is 0 Å². The molecule has 0 spiro atoms. The summed E-state index contributed by atoms with van der Waals surface area (Å²) >= 11 is 0. The molecular formula is C4H7F3N2O. The highest BCUT2D eigenvalue weighted by molar-refractivity contribution is 5.72. The van der Waals surface area contributed by atoms with Gasteiger partial charge in [-0.05, 0) is 0 Å². The topological polar surface area (TPSA) is 55.1 Å². The second-order valence-corrected chi connectivity index (χ2v) is 1.60. The van der Waals surface area contributed by atoms with Gasteiger partial charge in [0, 0.05) is 0 Å². The third-order valence-electron chi connectivity index (χ3n) is 0.798. The minimum atomic E-state index is -2.92. The zero-order valence-electron chi connectivity index (χ0n) is 4.98. The number of carbonyl (C=O) groups is 1. The first kappa shape index (κ1) is 9.06. The van der Waals surface area contributed by atoms with E-state index >= 15 is 0 Å². The fourth-order valence-electron chi connectivity index (χ4n) is 0.352. The average Bonchev–Trinajstić information content (AvgIpc) is 1.81. The molecule has 0 saturated carbocycles. The summed E-state index contributed by atoms with van der Waals surface area (Å²) in [5.74, 6) is 0. The zero-order chi connectivity index (χ0) is 8.15. The molecule has 0 heterocycles. The normalized spacial score (nSPS) is 13.2. The molecule has 0 bridgehead atoms. The monoisotopic (exact) mass is 156 g/mol. The van der Waals surface area contributed by atoms with E-state index < -0.39 is 25.2 Å². The number of hydrogen-bond acceptors (Lipinski definition) is 1. The van der Waals surface area contributed by atoms with Crippen molar-refractivity contribution >= 4 is 6.03 Å². The Labute approximate surface area is 55.4 Å². The second-order valence-electron chi connectivity index (χ2n) is 1.60. The third-order valence-corrected chi connectivity index (χ3v) is 0.798. The summed E-state index contributed by atoms with van der Waals surface area (Å²) < 4.78 is 34.6. The van der Waals surface area contributed by atoms with Gasteiger partial charge < -0.3 is 11.1 Å². The smallest absolute Gasteiger partial charge is 0.312 e. The summed E-state index contributed by atoms with van der Waals surface area (Å²) in [4.78, 5) is 9.88. The van der Waals surface area contributed by atoms with Crippen molar-refractivity contribution in [3.05, 3.63) is 0 Å². The van der Waals surface area contributed by atoms with Gasteiger partial charge in [-0.1, -0.05) is 0 Å². The van der Waals surface area contributed by atoms with Crippen molar-refractivity contribution in [2.45, 2.75) is 12.5 Å². The number of amides is 2. The van der Waals surface area contributed by atoms with Gasteiger partial charge in [0.1, 0.15) is 12.7 Å². The first-order chi connectivity index (χ1) is 4.57. The SMILES string of the molecule is NC(=O)NC(CF)C(F)F. The molecule has 0 aromatic carbocycles. The van der Waals surface area contributed by atoms with Crippen LogP contribution in [-0.4, -0.2) is 25.2 Å². The number of urea groups is 1. The Balaban J connectivity index is 3.71. The Morgan fingerprint density at radius 3 is 2.20 bits per heavy atom. The van der Waals surface area contributed by atoms with Crippen molar-refractivity contribution in [2.75, 3.05) is 6.67 Å². The van der Waals surface area contributed by atoms with Crippen LogP contribution in [0.15, 0.2) is 0 Å². The predicted molar refractivity (Wildman–Crippen MR) is 28.5 cm³/mol. The summed E-state index contributed by atoms with van der Waals surface area (Å²) in [5.41, 5.74) is 4.46. The van der Waals surface area contributed by atoms with Gasteiger partial charge in [-0.2, -0.15) is 0 Å². The molecule has 0 aromatic rings. The lowest BCUT2D eigenvalue weighted by atomic mass is 10.3. The number of alkyl halides is 3. The first-order valence-corrected chi connectivity index (χ1v) is 2.48. The number of primary amides is 1. The molecule has 0 aliphatic carbocycles.